The van der Waals surface area contributed by atoms with E-state index in [1.54, 1.807) is 0 Å². The number of amides is 2. The third-order valence-electron chi connectivity index (χ3n) is 2.80. The van der Waals surface area contributed by atoms with Crippen molar-refractivity contribution in [1.29, 1.82) is 0 Å². The maximum Gasteiger partial charge on any atom is 0.347 e. The first-order chi connectivity index (χ1) is 8.97. The molecule has 19 heavy (non-hydrogen) atoms. The van der Waals surface area contributed by atoms with Crippen molar-refractivity contribution in [2.75, 3.05) is 18.9 Å². The number of carbonyl (C=O) groups is 1. The van der Waals surface area contributed by atoms with E-state index >= 15 is 0 Å². The zero-order valence-corrected chi connectivity index (χ0v) is 12.5. The predicted molar refractivity (Wildman–Crippen MR) is 79.8 cm³/mol. The summed E-state index contributed by atoms with van der Waals surface area (Å²) >= 11 is 17.8. The summed E-state index contributed by atoms with van der Waals surface area (Å²) in [6, 6.07) is 2.54. The van der Waals surface area contributed by atoms with Crippen LogP contribution in [0.1, 0.15) is 12.8 Å². The summed E-state index contributed by atoms with van der Waals surface area (Å²) in [6.07, 6.45) is 1.80. The van der Waals surface area contributed by atoms with Gasteiger partial charge in [0.05, 0.1) is 15.7 Å². The minimum absolute atomic E-state index is 0.283. The van der Waals surface area contributed by atoms with Crippen LogP contribution in [0.5, 0.6) is 0 Å². The largest absolute Gasteiger partial charge is 0.363 e. The molecule has 1 aromatic carbocycles. The number of anilines is 1. The van der Waals surface area contributed by atoms with Gasteiger partial charge in [-0.1, -0.05) is 34.8 Å². The highest BCUT2D eigenvalue weighted by Crippen LogP contribution is 2.33. The highest BCUT2D eigenvalue weighted by molar-refractivity contribution is 6.42. The average molecular weight is 321 g/mol. The molecule has 1 fully saturated rings. The molecule has 2 amide bonds. The van der Waals surface area contributed by atoms with Crippen LogP contribution in [0.4, 0.5) is 10.5 Å². The monoisotopic (exact) mass is 319 g/mol. The fourth-order valence-electron chi connectivity index (χ4n) is 1.85. The normalized spacial score (nSPS) is 17.1. The van der Waals surface area contributed by atoms with Crippen molar-refractivity contribution in [2.45, 2.75) is 12.8 Å². The van der Waals surface area contributed by atoms with Crippen LogP contribution in [0.3, 0.4) is 0 Å². The highest BCUT2D eigenvalue weighted by Gasteiger charge is 2.17. The Morgan fingerprint density at radius 3 is 2.47 bits per heavy atom. The molecular formula is C12H12Cl3N3O. The summed E-state index contributed by atoms with van der Waals surface area (Å²) in [5, 5.41) is 3.56. The van der Waals surface area contributed by atoms with Gasteiger partial charge in [-0.15, -0.1) is 0 Å². The number of rotatable bonds is 1. The van der Waals surface area contributed by atoms with Crippen LogP contribution in [0.15, 0.2) is 17.1 Å². The van der Waals surface area contributed by atoms with Gasteiger partial charge < -0.3 is 10.2 Å². The fourth-order valence-corrected chi connectivity index (χ4v) is 2.76. The Hall–Kier alpha value is -0.970. The fraction of sp³-hybridized carbons (Fsp3) is 0.333. The number of hydrogen-bond acceptors (Lipinski definition) is 1. The lowest BCUT2D eigenvalue weighted by Crippen LogP contribution is -2.21. The number of aliphatic imine (C=N–C) groups is 1. The Morgan fingerprint density at radius 1 is 1.32 bits per heavy atom. The zero-order chi connectivity index (χ0) is 14.0. The summed E-state index contributed by atoms with van der Waals surface area (Å²) < 4.78 is 0. The van der Waals surface area contributed by atoms with Gasteiger partial charge in [0.25, 0.3) is 0 Å². The number of urea groups is 1. The Labute approximate surface area is 126 Å². The molecule has 0 atom stereocenters. The molecule has 0 aromatic heterocycles. The molecule has 1 N–H and O–H groups in total. The SMILES string of the molecule is CN1CCC/C1=N/C(=O)Nc1c(Cl)cc(Cl)cc1Cl. The molecule has 102 valence electrons. The molecule has 2 rings (SSSR count). The lowest BCUT2D eigenvalue weighted by molar-refractivity contribution is 0.259. The number of hydrogen-bond donors (Lipinski definition) is 1. The minimum atomic E-state index is -0.491. The Balaban J connectivity index is 2.16. The minimum Gasteiger partial charge on any atom is -0.363 e. The van der Waals surface area contributed by atoms with Crippen LogP contribution in [0.2, 0.25) is 15.1 Å². The number of halogens is 3. The van der Waals surface area contributed by atoms with Gasteiger partial charge in [-0.25, -0.2) is 4.79 Å². The van der Waals surface area contributed by atoms with Crippen molar-refractivity contribution >= 4 is 52.4 Å². The molecule has 1 aromatic rings. The molecule has 0 unspecified atom stereocenters. The second kappa shape index (κ2) is 5.99. The Morgan fingerprint density at radius 2 is 1.95 bits per heavy atom. The van der Waals surface area contributed by atoms with E-state index in [0.717, 1.165) is 25.2 Å². The molecule has 1 aliphatic heterocycles. The van der Waals surface area contributed by atoms with Gasteiger partial charge in [-0.2, -0.15) is 4.99 Å². The van der Waals surface area contributed by atoms with Gasteiger partial charge >= 0.3 is 6.03 Å². The van der Waals surface area contributed by atoms with Crippen molar-refractivity contribution in [3.8, 4) is 0 Å². The number of nitrogens with zero attached hydrogens (tertiary/aromatic N) is 2. The highest BCUT2D eigenvalue weighted by atomic mass is 35.5. The van der Waals surface area contributed by atoms with Crippen LogP contribution in [0.25, 0.3) is 0 Å². The average Bonchev–Trinajstić information content (AvgIpc) is 2.69. The molecule has 0 spiro atoms. The molecule has 0 saturated carbocycles. The summed E-state index contributed by atoms with van der Waals surface area (Å²) in [4.78, 5) is 17.8. The second-order valence-electron chi connectivity index (χ2n) is 4.23. The molecule has 1 heterocycles. The zero-order valence-electron chi connectivity index (χ0n) is 10.2. The molecule has 1 aliphatic rings. The number of benzene rings is 1. The quantitative estimate of drug-likeness (QED) is 0.838. The van der Waals surface area contributed by atoms with Crippen molar-refractivity contribution in [3.05, 3.63) is 27.2 Å². The van der Waals surface area contributed by atoms with Gasteiger partial charge in [-0.3, -0.25) is 0 Å². The maximum absolute atomic E-state index is 11.8. The number of nitrogens with one attached hydrogen (secondary N) is 1. The van der Waals surface area contributed by atoms with Crippen molar-refractivity contribution in [1.82, 2.24) is 4.90 Å². The van der Waals surface area contributed by atoms with Crippen LogP contribution < -0.4 is 5.32 Å². The van der Waals surface area contributed by atoms with Crippen LogP contribution in [-0.4, -0.2) is 30.4 Å². The number of amidine groups is 1. The third-order valence-corrected chi connectivity index (χ3v) is 3.62. The predicted octanol–water partition coefficient (Wildman–Crippen LogP) is 4.30. The van der Waals surface area contributed by atoms with E-state index < -0.39 is 6.03 Å². The second-order valence-corrected chi connectivity index (χ2v) is 5.48. The van der Waals surface area contributed by atoms with E-state index in [4.69, 9.17) is 34.8 Å². The molecular weight excluding hydrogens is 309 g/mol. The van der Waals surface area contributed by atoms with Crippen LogP contribution in [-0.2, 0) is 0 Å². The van der Waals surface area contributed by atoms with Gasteiger partial charge in [0, 0.05) is 25.0 Å². The summed E-state index contributed by atoms with van der Waals surface area (Å²) in [5.41, 5.74) is 0.322. The lowest BCUT2D eigenvalue weighted by atomic mass is 10.3. The van der Waals surface area contributed by atoms with E-state index in [1.165, 1.54) is 12.1 Å². The van der Waals surface area contributed by atoms with E-state index in [0.29, 0.717) is 10.7 Å². The van der Waals surface area contributed by atoms with Crippen molar-refractivity contribution < 1.29 is 4.79 Å². The van der Waals surface area contributed by atoms with E-state index in [2.05, 4.69) is 10.3 Å². The summed E-state index contributed by atoms with van der Waals surface area (Å²) in [6.45, 7) is 0.911. The first-order valence-corrected chi connectivity index (χ1v) is 6.85. The summed E-state index contributed by atoms with van der Waals surface area (Å²) in [7, 11) is 1.90. The molecule has 4 nitrogen and oxygen atoms in total. The topological polar surface area (TPSA) is 44.7 Å². The van der Waals surface area contributed by atoms with Crippen LogP contribution in [0, 0.1) is 0 Å². The smallest absolute Gasteiger partial charge is 0.347 e. The maximum atomic E-state index is 11.8. The molecule has 0 aliphatic carbocycles. The van der Waals surface area contributed by atoms with Gasteiger partial charge in [0.2, 0.25) is 0 Å². The van der Waals surface area contributed by atoms with E-state index in [-0.39, 0.29) is 10.0 Å². The number of carbonyl (C=O) groups excluding carboxylic acids is 1. The van der Waals surface area contributed by atoms with E-state index in [9.17, 15) is 4.79 Å². The first-order valence-electron chi connectivity index (χ1n) is 5.71. The standard InChI is InChI=1S/C12H12Cl3N3O/c1-18-4-2-3-10(18)16-12(19)17-11-8(14)5-7(13)6-9(11)15/h5-6H,2-4H2,1H3,(H,17,19)/b16-10-. The van der Waals surface area contributed by atoms with Crippen LogP contribution >= 0.6 is 34.8 Å². The lowest BCUT2D eigenvalue weighted by Gasteiger charge is -2.11. The Bertz CT molecular complexity index is 522. The Kier molecular flexibility index (Phi) is 4.55. The van der Waals surface area contributed by atoms with Crippen molar-refractivity contribution in [3.63, 3.8) is 0 Å². The van der Waals surface area contributed by atoms with Gasteiger partial charge in [0.1, 0.15) is 5.84 Å². The van der Waals surface area contributed by atoms with E-state index in [1.807, 2.05) is 11.9 Å². The van der Waals surface area contributed by atoms with Crippen molar-refractivity contribution in [2.24, 2.45) is 4.99 Å². The first kappa shape index (κ1) is 14.4. The van der Waals surface area contributed by atoms with Gasteiger partial charge in [-0.05, 0) is 18.6 Å². The molecule has 0 bridgehead atoms. The summed E-state index contributed by atoms with van der Waals surface area (Å²) in [5.74, 6) is 0.763. The number of likely N-dealkylation sites (tertiary alicyclic amines) is 1. The molecule has 1 saturated heterocycles. The third kappa shape index (κ3) is 3.53. The molecule has 7 heteroatoms. The van der Waals surface area contributed by atoms with Gasteiger partial charge in [0.15, 0.2) is 0 Å². The molecule has 0 radical (unpaired) electrons.